The molecule has 1 aliphatic heterocycles. The monoisotopic (exact) mass is 236 g/mol. The SMILES string of the molecule is CC1=CC[C@@H]2CCCC3(O[C@H](C)[C@@H](C)O3)[C@@H]2C1. The molecule has 0 amide bonds. The molecular weight excluding hydrogens is 212 g/mol. The van der Waals surface area contributed by atoms with Crippen LogP contribution in [0.3, 0.4) is 0 Å². The normalized spacial score (nSPS) is 44.5. The van der Waals surface area contributed by atoms with Crippen molar-refractivity contribution in [1.29, 1.82) is 0 Å². The van der Waals surface area contributed by atoms with Crippen LogP contribution >= 0.6 is 0 Å². The molecule has 4 atom stereocenters. The van der Waals surface area contributed by atoms with Gasteiger partial charge >= 0.3 is 0 Å². The van der Waals surface area contributed by atoms with Gasteiger partial charge in [0.1, 0.15) is 0 Å². The average molecular weight is 236 g/mol. The topological polar surface area (TPSA) is 18.5 Å². The lowest BCUT2D eigenvalue weighted by Crippen LogP contribution is -2.47. The standard InChI is InChI=1S/C15H24O2/c1-10-6-7-13-5-4-8-15(14(13)9-10)16-11(2)12(3)17-15/h6,11-14H,4-5,7-9H2,1-3H3/t11-,12-,13+,14-/m1/s1. The van der Waals surface area contributed by atoms with Crippen LogP contribution in [-0.4, -0.2) is 18.0 Å². The number of allylic oxidation sites excluding steroid dienone is 2. The van der Waals surface area contributed by atoms with Crippen LogP contribution in [0.2, 0.25) is 0 Å². The van der Waals surface area contributed by atoms with Crippen LogP contribution < -0.4 is 0 Å². The third-order valence-corrected chi connectivity index (χ3v) is 4.98. The summed E-state index contributed by atoms with van der Waals surface area (Å²) in [5, 5.41) is 0. The Kier molecular flexibility index (Phi) is 2.83. The van der Waals surface area contributed by atoms with Gasteiger partial charge in [-0.15, -0.1) is 0 Å². The van der Waals surface area contributed by atoms with E-state index in [1.807, 2.05) is 0 Å². The zero-order chi connectivity index (χ0) is 12.0. The fourth-order valence-corrected chi connectivity index (χ4v) is 3.88. The number of rotatable bonds is 0. The lowest BCUT2D eigenvalue weighted by molar-refractivity contribution is -0.238. The summed E-state index contributed by atoms with van der Waals surface area (Å²) in [4.78, 5) is 0. The van der Waals surface area contributed by atoms with E-state index >= 15 is 0 Å². The Morgan fingerprint density at radius 3 is 2.65 bits per heavy atom. The molecule has 2 aliphatic carbocycles. The minimum absolute atomic E-state index is 0.250. The van der Waals surface area contributed by atoms with Crippen LogP contribution in [0.25, 0.3) is 0 Å². The van der Waals surface area contributed by atoms with Gasteiger partial charge in [-0.1, -0.05) is 11.6 Å². The number of hydrogen-bond acceptors (Lipinski definition) is 2. The van der Waals surface area contributed by atoms with Crippen LogP contribution in [0.4, 0.5) is 0 Å². The van der Waals surface area contributed by atoms with E-state index < -0.39 is 0 Å². The van der Waals surface area contributed by atoms with Gasteiger partial charge < -0.3 is 9.47 Å². The molecule has 17 heavy (non-hydrogen) atoms. The second kappa shape index (κ2) is 4.10. The van der Waals surface area contributed by atoms with Gasteiger partial charge in [-0.3, -0.25) is 0 Å². The molecule has 0 aromatic carbocycles. The van der Waals surface area contributed by atoms with Gasteiger partial charge in [-0.05, 0) is 52.4 Å². The van der Waals surface area contributed by atoms with Crippen molar-refractivity contribution in [2.75, 3.05) is 0 Å². The van der Waals surface area contributed by atoms with Crippen molar-refractivity contribution in [3.63, 3.8) is 0 Å². The van der Waals surface area contributed by atoms with Gasteiger partial charge in [0.2, 0.25) is 0 Å². The van der Waals surface area contributed by atoms with Crippen molar-refractivity contribution in [2.24, 2.45) is 11.8 Å². The predicted molar refractivity (Wildman–Crippen MR) is 67.6 cm³/mol. The Morgan fingerprint density at radius 2 is 1.94 bits per heavy atom. The third kappa shape index (κ3) is 1.86. The Morgan fingerprint density at radius 1 is 1.24 bits per heavy atom. The second-order valence-corrected chi connectivity index (χ2v) is 6.21. The zero-order valence-electron chi connectivity index (χ0n) is 11.2. The van der Waals surface area contributed by atoms with E-state index in [4.69, 9.17) is 9.47 Å². The van der Waals surface area contributed by atoms with E-state index in [-0.39, 0.29) is 18.0 Å². The Labute approximate surface area is 104 Å². The van der Waals surface area contributed by atoms with Crippen molar-refractivity contribution in [3.05, 3.63) is 11.6 Å². The fourth-order valence-electron chi connectivity index (χ4n) is 3.88. The number of hydrogen-bond donors (Lipinski definition) is 0. The van der Waals surface area contributed by atoms with E-state index in [0.29, 0.717) is 5.92 Å². The summed E-state index contributed by atoms with van der Waals surface area (Å²) in [6.45, 7) is 6.55. The molecule has 1 heterocycles. The molecule has 96 valence electrons. The molecule has 0 unspecified atom stereocenters. The zero-order valence-corrected chi connectivity index (χ0v) is 11.2. The van der Waals surface area contributed by atoms with Crippen LogP contribution in [0, 0.1) is 11.8 Å². The number of fused-ring (bicyclic) bond motifs is 2. The van der Waals surface area contributed by atoms with Crippen molar-refractivity contribution in [2.45, 2.75) is 70.9 Å². The van der Waals surface area contributed by atoms with Crippen molar-refractivity contribution < 1.29 is 9.47 Å². The first-order valence-electron chi connectivity index (χ1n) is 7.12. The molecule has 0 radical (unpaired) electrons. The molecule has 2 heteroatoms. The van der Waals surface area contributed by atoms with Crippen LogP contribution in [0.5, 0.6) is 0 Å². The Balaban J connectivity index is 1.87. The highest BCUT2D eigenvalue weighted by molar-refractivity contribution is 5.10. The maximum atomic E-state index is 6.27. The van der Waals surface area contributed by atoms with Crippen LogP contribution in [-0.2, 0) is 9.47 Å². The lowest BCUT2D eigenvalue weighted by atomic mass is 9.68. The molecule has 0 N–H and O–H groups in total. The minimum atomic E-state index is -0.253. The van der Waals surface area contributed by atoms with Gasteiger partial charge in [0.15, 0.2) is 5.79 Å². The molecular formula is C15H24O2. The van der Waals surface area contributed by atoms with E-state index in [2.05, 4.69) is 26.8 Å². The van der Waals surface area contributed by atoms with Crippen LogP contribution in [0.1, 0.15) is 52.9 Å². The summed E-state index contributed by atoms with van der Waals surface area (Å²) < 4.78 is 12.5. The van der Waals surface area contributed by atoms with Gasteiger partial charge in [0.05, 0.1) is 12.2 Å². The van der Waals surface area contributed by atoms with Gasteiger partial charge in [0, 0.05) is 12.3 Å². The highest BCUT2D eigenvalue weighted by Gasteiger charge is 2.53. The van der Waals surface area contributed by atoms with E-state index in [0.717, 1.165) is 12.3 Å². The molecule has 3 aliphatic rings. The summed E-state index contributed by atoms with van der Waals surface area (Å²) in [7, 11) is 0. The maximum Gasteiger partial charge on any atom is 0.172 e. The molecule has 1 saturated carbocycles. The highest BCUT2D eigenvalue weighted by Crippen LogP contribution is 2.51. The quantitative estimate of drug-likeness (QED) is 0.598. The lowest BCUT2D eigenvalue weighted by Gasteiger charge is -2.46. The molecule has 3 rings (SSSR count). The molecule has 0 aromatic rings. The Bertz CT molecular complexity index is 324. The highest BCUT2D eigenvalue weighted by atomic mass is 16.8. The third-order valence-electron chi connectivity index (χ3n) is 4.98. The molecule has 0 aromatic heterocycles. The summed E-state index contributed by atoms with van der Waals surface area (Å²) >= 11 is 0. The van der Waals surface area contributed by atoms with Gasteiger partial charge in [0.25, 0.3) is 0 Å². The van der Waals surface area contributed by atoms with E-state index in [1.54, 1.807) is 0 Å². The molecule has 1 saturated heterocycles. The summed E-state index contributed by atoms with van der Waals surface area (Å²) in [5.41, 5.74) is 1.52. The van der Waals surface area contributed by atoms with Crippen molar-refractivity contribution in [1.82, 2.24) is 0 Å². The largest absolute Gasteiger partial charge is 0.344 e. The summed E-state index contributed by atoms with van der Waals surface area (Å²) in [6, 6.07) is 0. The fraction of sp³-hybridized carbons (Fsp3) is 0.867. The van der Waals surface area contributed by atoms with Crippen LogP contribution in [0.15, 0.2) is 11.6 Å². The first kappa shape index (κ1) is 11.7. The molecule has 2 fully saturated rings. The predicted octanol–water partition coefficient (Wildman–Crippen LogP) is 3.66. The van der Waals surface area contributed by atoms with Crippen molar-refractivity contribution in [3.8, 4) is 0 Å². The Hall–Kier alpha value is -0.340. The molecule has 2 nitrogen and oxygen atoms in total. The second-order valence-electron chi connectivity index (χ2n) is 6.21. The summed E-state index contributed by atoms with van der Waals surface area (Å²) in [5.74, 6) is 1.12. The molecule has 1 spiro atoms. The van der Waals surface area contributed by atoms with Crippen molar-refractivity contribution >= 4 is 0 Å². The first-order chi connectivity index (χ1) is 8.11. The minimum Gasteiger partial charge on any atom is -0.344 e. The maximum absolute atomic E-state index is 6.27. The first-order valence-corrected chi connectivity index (χ1v) is 7.12. The van der Waals surface area contributed by atoms with E-state index in [9.17, 15) is 0 Å². The summed E-state index contributed by atoms with van der Waals surface area (Å²) in [6.07, 6.45) is 9.02. The number of ether oxygens (including phenoxy) is 2. The van der Waals surface area contributed by atoms with E-state index in [1.165, 1.54) is 31.3 Å². The average Bonchev–Trinajstić information content (AvgIpc) is 2.57. The molecule has 0 bridgehead atoms. The van der Waals surface area contributed by atoms with Gasteiger partial charge in [-0.2, -0.15) is 0 Å². The van der Waals surface area contributed by atoms with Gasteiger partial charge in [-0.25, -0.2) is 0 Å². The smallest absolute Gasteiger partial charge is 0.172 e.